The largest absolute Gasteiger partial charge is 0.478 e. The monoisotopic (exact) mass is 391 g/mol. The smallest absolute Gasteiger partial charge is 0.238 e. The Kier molecular flexibility index (Phi) is 4.69. The van der Waals surface area contributed by atoms with Crippen molar-refractivity contribution in [1.82, 2.24) is 0 Å². The summed E-state index contributed by atoms with van der Waals surface area (Å²) < 4.78 is 28.9. The number of rotatable bonds is 4. The first-order chi connectivity index (χ1) is 12.2. The van der Waals surface area contributed by atoms with Gasteiger partial charge in [-0.25, -0.2) is 13.6 Å². The van der Waals surface area contributed by atoms with Gasteiger partial charge in [0.2, 0.25) is 15.8 Å². The van der Waals surface area contributed by atoms with E-state index in [1.807, 2.05) is 6.92 Å². The maximum absolute atomic E-state index is 13.0. The molecule has 2 aromatic rings. The maximum atomic E-state index is 13.0. The normalized spacial score (nSPS) is 20.4. The molecule has 0 saturated carbocycles. The lowest BCUT2D eigenvalue weighted by Crippen LogP contribution is -2.32. The highest BCUT2D eigenvalue weighted by atomic mass is 35.5. The van der Waals surface area contributed by atoms with Crippen LogP contribution in [0.3, 0.4) is 0 Å². The van der Waals surface area contributed by atoms with Crippen molar-refractivity contribution >= 4 is 38.7 Å². The zero-order valence-electron chi connectivity index (χ0n) is 14.3. The van der Waals surface area contributed by atoms with Crippen LogP contribution in [0.5, 0.6) is 0 Å². The molecule has 0 bridgehead atoms. The Morgan fingerprint density at radius 3 is 2.08 bits per heavy atom. The van der Waals surface area contributed by atoms with Crippen LogP contribution >= 0.6 is 11.6 Å². The molecule has 2 aromatic carbocycles. The van der Waals surface area contributed by atoms with Gasteiger partial charge in [0, 0.05) is 10.6 Å². The minimum atomic E-state index is -3.79. The predicted molar refractivity (Wildman–Crippen MR) is 101 cm³/mol. The predicted octanol–water partition coefficient (Wildman–Crippen LogP) is 3.62. The third-order valence-electron chi connectivity index (χ3n) is 4.51. The van der Waals surface area contributed by atoms with E-state index in [-0.39, 0.29) is 10.7 Å². The van der Waals surface area contributed by atoms with E-state index in [2.05, 4.69) is 0 Å². The minimum Gasteiger partial charge on any atom is -0.478 e. The summed E-state index contributed by atoms with van der Waals surface area (Å²) in [6.07, 6.45) is 0.502. The summed E-state index contributed by atoms with van der Waals surface area (Å²) in [5.41, 5.74) is 0.785. The molecule has 2 N–H and O–H groups in total. The molecule has 136 valence electrons. The Morgan fingerprint density at radius 1 is 1.04 bits per heavy atom. The van der Waals surface area contributed by atoms with Crippen molar-refractivity contribution in [2.24, 2.45) is 5.14 Å². The molecule has 1 unspecified atom stereocenters. The van der Waals surface area contributed by atoms with Crippen molar-refractivity contribution in [3.63, 3.8) is 0 Å². The lowest BCUT2D eigenvalue weighted by atomic mass is 9.90. The molecular formula is C19H18ClNO4S. The first-order valence-electron chi connectivity index (χ1n) is 8.03. The Morgan fingerprint density at radius 2 is 1.58 bits per heavy atom. The van der Waals surface area contributed by atoms with Crippen LogP contribution < -0.4 is 5.14 Å². The average Bonchev–Trinajstić information content (AvgIpc) is 2.87. The number of ether oxygens (including phenoxy) is 1. The second kappa shape index (κ2) is 6.54. The Hall–Kier alpha value is -2.15. The van der Waals surface area contributed by atoms with Crippen LogP contribution in [0.4, 0.5) is 0 Å². The third kappa shape index (κ3) is 3.28. The van der Waals surface area contributed by atoms with E-state index >= 15 is 0 Å². The molecule has 26 heavy (non-hydrogen) atoms. The molecule has 1 heterocycles. The van der Waals surface area contributed by atoms with E-state index in [9.17, 15) is 13.2 Å². The highest BCUT2D eigenvalue weighted by Gasteiger charge is 2.45. The highest BCUT2D eigenvalue weighted by molar-refractivity contribution is 7.89. The number of benzene rings is 2. The van der Waals surface area contributed by atoms with Gasteiger partial charge >= 0.3 is 0 Å². The lowest BCUT2D eigenvalue weighted by Gasteiger charge is -2.21. The van der Waals surface area contributed by atoms with Gasteiger partial charge in [-0.3, -0.25) is 4.79 Å². The lowest BCUT2D eigenvalue weighted by molar-refractivity contribution is -0.126. The Bertz CT molecular complexity index is 995. The molecule has 5 nitrogen and oxygen atoms in total. The first-order valence-corrected chi connectivity index (χ1v) is 9.95. The fraction of sp³-hybridized carbons (Fsp3) is 0.211. The van der Waals surface area contributed by atoms with Gasteiger partial charge in [-0.05, 0) is 55.3 Å². The molecule has 1 aliphatic heterocycles. The van der Waals surface area contributed by atoms with Gasteiger partial charge in [0.25, 0.3) is 0 Å². The van der Waals surface area contributed by atoms with Crippen molar-refractivity contribution in [1.29, 1.82) is 0 Å². The fourth-order valence-electron chi connectivity index (χ4n) is 2.80. The average molecular weight is 392 g/mol. The van der Waals surface area contributed by atoms with Crippen LogP contribution in [0.2, 0.25) is 5.02 Å². The third-order valence-corrected chi connectivity index (χ3v) is 5.70. The molecule has 7 heteroatoms. The summed E-state index contributed by atoms with van der Waals surface area (Å²) in [5.74, 6) is 0.301. The van der Waals surface area contributed by atoms with Crippen molar-refractivity contribution in [3.8, 4) is 0 Å². The zero-order valence-corrected chi connectivity index (χ0v) is 15.9. The van der Waals surface area contributed by atoms with E-state index in [1.165, 1.54) is 12.1 Å². The van der Waals surface area contributed by atoms with Gasteiger partial charge in [0.1, 0.15) is 5.76 Å². The summed E-state index contributed by atoms with van der Waals surface area (Å²) in [6, 6.07) is 12.9. The van der Waals surface area contributed by atoms with Crippen LogP contribution in [-0.2, 0) is 19.6 Å². The second-order valence-electron chi connectivity index (χ2n) is 6.30. The molecule has 3 rings (SSSR count). The van der Waals surface area contributed by atoms with Gasteiger partial charge in [0.05, 0.1) is 10.5 Å². The number of ketones is 1. The molecular weight excluding hydrogens is 374 g/mol. The van der Waals surface area contributed by atoms with Crippen LogP contribution in [-0.4, -0.2) is 19.8 Å². The number of sulfonamides is 1. The van der Waals surface area contributed by atoms with Crippen molar-refractivity contribution in [2.45, 2.75) is 30.8 Å². The number of Topliss-reactive ketones (excluding diaryl/α,β-unsaturated/α-hetero) is 1. The molecule has 0 spiro atoms. The number of carbonyl (C=O) groups excluding carboxylic acids is 1. The number of carbonyl (C=O) groups is 1. The van der Waals surface area contributed by atoms with Gasteiger partial charge in [-0.15, -0.1) is 0 Å². The van der Waals surface area contributed by atoms with Gasteiger partial charge in [-0.1, -0.05) is 30.7 Å². The Labute approximate surface area is 157 Å². The number of hydrogen-bond donors (Lipinski definition) is 1. The zero-order chi connectivity index (χ0) is 19.1. The standard InChI is InChI=1S/C19H18ClNO4S/c1-3-19(2)18(22)16(12-4-8-14(20)9-5-12)17(25-19)13-6-10-15(11-7-13)26(21,23)24/h4-11H,3H2,1-2H3,(H2,21,23,24). The van der Waals surface area contributed by atoms with E-state index < -0.39 is 15.6 Å². The minimum absolute atomic E-state index is 0.00234. The summed E-state index contributed by atoms with van der Waals surface area (Å²) in [7, 11) is -3.79. The molecule has 0 amide bonds. The molecule has 1 aliphatic rings. The second-order valence-corrected chi connectivity index (χ2v) is 8.29. The van der Waals surface area contributed by atoms with Crippen LogP contribution in [0.25, 0.3) is 11.3 Å². The molecule has 0 saturated heterocycles. The maximum Gasteiger partial charge on any atom is 0.238 e. The number of primary sulfonamides is 1. The van der Waals surface area contributed by atoms with E-state index in [1.54, 1.807) is 43.3 Å². The van der Waals surface area contributed by atoms with Gasteiger partial charge in [-0.2, -0.15) is 0 Å². The van der Waals surface area contributed by atoms with Crippen molar-refractivity contribution < 1.29 is 17.9 Å². The summed E-state index contributed by atoms with van der Waals surface area (Å²) in [4.78, 5) is 13.0. The summed E-state index contributed by atoms with van der Waals surface area (Å²) in [6.45, 7) is 3.63. The first kappa shape index (κ1) is 18.6. The SMILES string of the molecule is CCC1(C)OC(c2ccc(S(N)(=O)=O)cc2)=C(c2ccc(Cl)cc2)C1=O. The van der Waals surface area contributed by atoms with Crippen molar-refractivity contribution in [3.05, 3.63) is 64.7 Å². The van der Waals surface area contributed by atoms with Crippen molar-refractivity contribution in [2.75, 3.05) is 0 Å². The van der Waals surface area contributed by atoms with Crippen LogP contribution in [0.15, 0.2) is 53.4 Å². The van der Waals surface area contributed by atoms with E-state index in [0.717, 1.165) is 0 Å². The number of hydrogen-bond acceptors (Lipinski definition) is 4. The quantitative estimate of drug-likeness (QED) is 0.862. The summed E-state index contributed by atoms with van der Waals surface area (Å²) >= 11 is 5.95. The summed E-state index contributed by atoms with van der Waals surface area (Å²) in [5, 5.41) is 5.71. The van der Waals surface area contributed by atoms with Gasteiger partial charge in [0.15, 0.2) is 5.60 Å². The van der Waals surface area contributed by atoms with Gasteiger partial charge < -0.3 is 4.74 Å². The molecule has 0 aliphatic carbocycles. The number of nitrogens with two attached hydrogens (primary N) is 1. The fourth-order valence-corrected chi connectivity index (χ4v) is 3.44. The van der Waals surface area contributed by atoms with Crippen LogP contribution in [0.1, 0.15) is 31.4 Å². The van der Waals surface area contributed by atoms with Crippen LogP contribution in [0, 0.1) is 0 Å². The van der Waals surface area contributed by atoms with E-state index in [0.29, 0.717) is 33.9 Å². The highest BCUT2D eigenvalue weighted by Crippen LogP contribution is 2.43. The molecule has 1 atom stereocenters. The Balaban J connectivity index is 2.16. The molecule has 0 radical (unpaired) electrons. The topological polar surface area (TPSA) is 86.5 Å². The van der Waals surface area contributed by atoms with E-state index in [4.69, 9.17) is 21.5 Å². The molecule has 0 fully saturated rings. The molecule has 0 aromatic heterocycles. The number of halogens is 1.